The second-order valence-electron chi connectivity index (χ2n) is 6.59. The highest BCUT2D eigenvalue weighted by molar-refractivity contribution is 5.98. The van der Waals surface area contributed by atoms with Crippen LogP contribution >= 0.6 is 0 Å². The Morgan fingerprint density at radius 2 is 2.22 bits per heavy atom. The van der Waals surface area contributed by atoms with Crippen molar-refractivity contribution in [2.45, 2.75) is 25.8 Å². The molecular formula is C17H19N3O3. The van der Waals surface area contributed by atoms with Gasteiger partial charge in [-0.2, -0.15) is 0 Å². The van der Waals surface area contributed by atoms with Crippen molar-refractivity contribution in [1.82, 2.24) is 15.2 Å². The minimum atomic E-state index is -0.180. The van der Waals surface area contributed by atoms with E-state index in [4.69, 9.17) is 4.42 Å². The summed E-state index contributed by atoms with van der Waals surface area (Å²) < 4.78 is 5.48. The van der Waals surface area contributed by atoms with Crippen molar-refractivity contribution >= 4 is 22.7 Å². The number of hydrogen-bond donors (Lipinski definition) is 1. The first kappa shape index (κ1) is 14.4. The summed E-state index contributed by atoms with van der Waals surface area (Å²) in [6, 6.07) is 3.44. The number of fused-ring (bicyclic) bond motifs is 3. The molecule has 0 aromatic carbocycles. The molecule has 0 saturated carbocycles. The van der Waals surface area contributed by atoms with E-state index in [-0.39, 0.29) is 23.5 Å². The third kappa shape index (κ3) is 2.74. The molecule has 2 aliphatic rings. The van der Waals surface area contributed by atoms with E-state index < -0.39 is 0 Å². The van der Waals surface area contributed by atoms with Crippen molar-refractivity contribution < 1.29 is 14.0 Å². The monoisotopic (exact) mass is 313 g/mol. The molecule has 2 saturated heterocycles. The number of Topliss-reactive ketones (excluding diaryl/α,β-unsaturated/α-hetero) is 1. The number of hydrogen-bond acceptors (Lipinski definition) is 5. The van der Waals surface area contributed by atoms with E-state index in [0.29, 0.717) is 17.2 Å². The Morgan fingerprint density at radius 3 is 3.00 bits per heavy atom. The van der Waals surface area contributed by atoms with E-state index in [1.807, 2.05) is 0 Å². The number of piperidine rings is 1. The van der Waals surface area contributed by atoms with Crippen LogP contribution in [-0.4, -0.2) is 47.3 Å². The standard InChI is InChI=1S/C17H19N3O3/c1-10(21)15-5-12-7-18-14(6-16(12)23-15)17(22)19-13-4-11-2-3-20(8-11)9-13/h5-7,11,13H,2-4,8-9H2,1H3,(H,19,22). The Bertz CT molecular complexity index is 770. The number of aromatic nitrogens is 1. The minimum Gasteiger partial charge on any atom is -0.453 e. The number of nitrogens with one attached hydrogen (secondary N) is 1. The van der Waals surface area contributed by atoms with Crippen LogP contribution in [0.25, 0.3) is 11.0 Å². The SMILES string of the molecule is CC(=O)c1cc2cnc(C(=O)NC3CC4CCN(C4)C3)cc2o1. The molecule has 3 unspecified atom stereocenters. The number of nitrogens with zero attached hydrogens (tertiary/aromatic N) is 2. The molecule has 4 rings (SSSR count). The molecule has 2 aromatic heterocycles. The maximum atomic E-state index is 12.4. The van der Waals surface area contributed by atoms with Gasteiger partial charge in [0, 0.05) is 43.7 Å². The molecule has 120 valence electrons. The number of ketones is 1. The van der Waals surface area contributed by atoms with Crippen LogP contribution in [0.2, 0.25) is 0 Å². The maximum absolute atomic E-state index is 12.4. The van der Waals surface area contributed by atoms with Gasteiger partial charge in [0.05, 0.1) is 0 Å². The molecule has 2 bridgehead atoms. The predicted molar refractivity (Wildman–Crippen MR) is 84.4 cm³/mol. The van der Waals surface area contributed by atoms with Crippen LogP contribution in [0.3, 0.4) is 0 Å². The lowest BCUT2D eigenvalue weighted by molar-refractivity contribution is 0.0904. The predicted octanol–water partition coefficient (Wildman–Crippen LogP) is 1.85. The molecule has 2 aliphatic heterocycles. The van der Waals surface area contributed by atoms with E-state index in [2.05, 4.69) is 15.2 Å². The average Bonchev–Trinajstić information content (AvgIpc) is 3.09. The lowest BCUT2D eigenvalue weighted by Gasteiger charge is -2.30. The fourth-order valence-electron chi connectivity index (χ4n) is 3.65. The number of carbonyl (C=O) groups excluding carboxylic acids is 2. The molecule has 1 N–H and O–H groups in total. The summed E-state index contributed by atoms with van der Waals surface area (Å²) in [5.41, 5.74) is 0.845. The summed E-state index contributed by atoms with van der Waals surface area (Å²) in [4.78, 5) is 30.4. The van der Waals surface area contributed by atoms with Crippen molar-refractivity contribution in [2.24, 2.45) is 5.92 Å². The number of rotatable bonds is 3. The molecule has 6 nitrogen and oxygen atoms in total. The van der Waals surface area contributed by atoms with Crippen molar-refractivity contribution in [1.29, 1.82) is 0 Å². The number of carbonyl (C=O) groups is 2. The van der Waals surface area contributed by atoms with Crippen LogP contribution in [0.1, 0.15) is 40.8 Å². The summed E-state index contributed by atoms with van der Waals surface area (Å²) in [6.45, 7) is 4.67. The third-order valence-electron chi connectivity index (χ3n) is 4.78. The van der Waals surface area contributed by atoms with Gasteiger partial charge in [-0.05, 0) is 31.4 Å². The van der Waals surface area contributed by atoms with E-state index in [9.17, 15) is 9.59 Å². The van der Waals surface area contributed by atoms with Gasteiger partial charge in [0.15, 0.2) is 11.5 Å². The first-order chi connectivity index (χ1) is 11.1. The van der Waals surface area contributed by atoms with Crippen LogP contribution in [0.5, 0.6) is 0 Å². The van der Waals surface area contributed by atoms with Crippen LogP contribution in [0.15, 0.2) is 22.7 Å². The first-order valence-electron chi connectivity index (χ1n) is 8.02. The van der Waals surface area contributed by atoms with E-state index in [1.165, 1.54) is 13.3 Å². The number of pyridine rings is 1. The highest BCUT2D eigenvalue weighted by atomic mass is 16.3. The van der Waals surface area contributed by atoms with Crippen molar-refractivity contribution in [3.05, 3.63) is 29.8 Å². The number of amides is 1. The van der Waals surface area contributed by atoms with Crippen molar-refractivity contribution in [2.75, 3.05) is 19.6 Å². The molecule has 4 heterocycles. The summed E-state index contributed by atoms with van der Waals surface area (Å²) in [5.74, 6) is 0.669. The van der Waals surface area contributed by atoms with Crippen LogP contribution in [0.4, 0.5) is 0 Å². The Morgan fingerprint density at radius 1 is 1.35 bits per heavy atom. The zero-order valence-corrected chi connectivity index (χ0v) is 13.0. The maximum Gasteiger partial charge on any atom is 0.270 e. The summed E-state index contributed by atoms with van der Waals surface area (Å²) in [5, 5.41) is 3.81. The molecule has 2 aromatic rings. The fourth-order valence-corrected chi connectivity index (χ4v) is 3.65. The normalized spacial score (nSPS) is 26.4. The van der Waals surface area contributed by atoms with Gasteiger partial charge in [-0.1, -0.05) is 0 Å². The fraction of sp³-hybridized carbons (Fsp3) is 0.471. The highest BCUT2D eigenvalue weighted by Gasteiger charge is 2.33. The van der Waals surface area contributed by atoms with Crippen LogP contribution < -0.4 is 5.32 Å². The van der Waals surface area contributed by atoms with Gasteiger partial charge in [0.2, 0.25) is 0 Å². The quantitative estimate of drug-likeness (QED) is 0.875. The Kier molecular flexibility index (Phi) is 3.41. The molecule has 2 fully saturated rings. The Labute approximate surface area is 133 Å². The van der Waals surface area contributed by atoms with E-state index in [1.54, 1.807) is 18.3 Å². The topological polar surface area (TPSA) is 75.4 Å². The lowest BCUT2D eigenvalue weighted by atomic mass is 9.97. The minimum absolute atomic E-state index is 0.140. The molecule has 23 heavy (non-hydrogen) atoms. The largest absolute Gasteiger partial charge is 0.453 e. The second-order valence-corrected chi connectivity index (χ2v) is 6.59. The number of furan rings is 1. The molecule has 0 radical (unpaired) electrons. The van der Waals surface area contributed by atoms with Crippen molar-refractivity contribution in [3.8, 4) is 0 Å². The highest BCUT2D eigenvalue weighted by Crippen LogP contribution is 2.27. The van der Waals surface area contributed by atoms with Gasteiger partial charge >= 0.3 is 0 Å². The van der Waals surface area contributed by atoms with Crippen LogP contribution in [-0.2, 0) is 0 Å². The Balaban J connectivity index is 1.51. The lowest BCUT2D eigenvalue weighted by Crippen LogP contribution is -2.47. The third-order valence-corrected chi connectivity index (χ3v) is 4.78. The summed E-state index contributed by atoms with van der Waals surface area (Å²) in [7, 11) is 0. The molecule has 0 spiro atoms. The van der Waals surface area contributed by atoms with Gasteiger partial charge < -0.3 is 14.6 Å². The first-order valence-corrected chi connectivity index (χ1v) is 8.02. The smallest absolute Gasteiger partial charge is 0.270 e. The van der Waals surface area contributed by atoms with Crippen molar-refractivity contribution in [3.63, 3.8) is 0 Å². The average molecular weight is 313 g/mol. The molecular weight excluding hydrogens is 294 g/mol. The molecule has 1 amide bonds. The van der Waals surface area contributed by atoms with Crippen LogP contribution in [0, 0.1) is 5.92 Å². The molecule has 0 aliphatic carbocycles. The van der Waals surface area contributed by atoms with Gasteiger partial charge in [0.25, 0.3) is 5.91 Å². The van der Waals surface area contributed by atoms with Gasteiger partial charge in [-0.3, -0.25) is 14.6 Å². The Hall–Kier alpha value is -2.21. The van der Waals surface area contributed by atoms with Gasteiger partial charge in [-0.15, -0.1) is 0 Å². The summed E-state index contributed by atoms with van der Waals surface area (Å²) in [6.07, 6.45) is 3.85. The molecule has 3 atom stereocenters. The van der Waals surface area contributed by atoms with E-state index in [0.717, 1.165) is 31.4 Å². The van der Waals surface area contributed by atoms with E-state index >= 15 is 0 Å². The zero-order valence-electron chi connectivity index (χ0n) is 13.0. The zero-order chi connectivity index (χ0) is 16.0. The summed E-state index contributed by atoms with van der Waals surface area (Å²) >= 11 is 0. The van der Waals surface area contributed by atoms with Gasteiger partial charge in [0.1, 0.15) is 11.3 Å². The second kappa shape index (κ2) is 5.45. The van der Waals surface area contributed by atoms with Gasteiger partial charge in [-0.25, -0.2) is 0 Å². The molecule has 6 heteroatoms.